The van der Waals surface area contributed by atoms with Crippen LogP contribution in [0.2, 0.25) is 0 Å². The van der Waals surface area contributed by atoms with E-state index in [-0.39, 0.29) is 11.8 Å². The minimum absolute atomic E-state index is 0.274. The molecular formula is C34H35N5O5. The molecule has 2 aromatic carbocycles. The number of rotatable bonds is 7. The Hall–Kier alpha value is -4.86. The smallest absolute Gasteiger partial charge is 0.328 e. The number of nitrogens with zero attached hydrogens (tertiary/aromatic N) is 3. The summed E-state index contributed by atoms with van der Waals surface area (Å²) in [6.45, 7) is 1.16. The molecule has 2 amide bonds. The Morgan fingerprint density at radius 1 is 1.00 bits per heavy atom. The van der Waals surface area contributed by atoms with E-state index < -0.39 is 11.5 Å². The summed E-state index contributed by atoms with van der Waals surface area (Å²) in [7, 11) is 0. The van der Waals surface area contributed by atoms with Gasteiger partial charge in [0.05, 0.1) is 17.9 Å². The number of aromatic nitrogens is 3. The fourth-order valence-electron chi connectivity index (χ4n) is 6.81. The van der Waals surface area contributed by atoms with Crippen molar-refractivity contribution in [1.82, 2.24) is 19.5 Å². The summed E-state index contributed by atoms with van der Waals surface area (Å²) in [6, 6.07) is 16.9. The lowest BCUT2D eigenvalue weighted by Gasteiger charge is -2.40. The van der Waals surface area contributed by atoms with E-state index in [2.05, 4.69) is 21.3 Å². The average Bonchev–Trinajstić information content (AvgIpc) is 3.51. The van der Waals surface area contributed by atoms with Crippen LogP contribution in [0.1, 0.15) is 79.0 Å². The lowest BCUT2D eigenvalue weighted by atomic mass is 9.75. The Balaban J connectivity index is 1.17. The molecular weight excluding hydrogens is 558 g/mol. The van der Waals surface area contributed by atoms with Gasteiger partial charge in [0.2, 0.25) is 5.91 Å². The third-order valence-electron chi connectivity index (χ3n) is 9.23. The number of ether oxygens (including phenoxy) is 1. The number of amides is 2. The Morgan fingerprint density at radius 2 is 1.77 bits per heavy atom. The van der Waals surface area contributed by atoms with Crippen molar-refractivity contribution in [2.24, 2.45) is 0 Å². The van der Waals surface area contributed by atoms with Gasteiger partial charge in [-0.15, -0.1) is 0 Å². The highest BCUT2D eigenvalue weighted by molar-refractivity contribution is 6.04. The molecule has 0 unspecified atom stereocenters. The fraction of sp³-hybridized carbons (Fsp3) is 0.353. The maximum Gasteiger partial charge on any atom is 0.328 e. The van der Waals surface area contributed by atoms with E-state index in [9.17, 15) is 14.4 Å². The molecule has 0 saturated heterocycles. The first kappa shape index (κ1) is 27.9. The molecule has 2 saturated carbocycles. The van der Waals surface area contributed by atoms with Crippen LogP contribution in [0.3, 0.4) is 0 Å². The summed E-state index contributed by atoms with van der Waals surface area (Å²) >= 11 is 0. The van der Waals surface area contributed by atoms with Crippen molar-refractivity contribution in [3.05, 3.63) is 77.6 Å². The Labute approximate surface area is 254 Å². The van der Waals surface area contributed by atoms with Gasteiger partial charge in [-0.3, -0.25) is 9.59 Å². The second-order valence-corrected chi connectivity index (χ2v) is 12.0. The van der Waals surface area contributed by atoms with Crippen LogP contribution < -0.4 is 15.4 Å². The number of hydrogen-bond acceptors (Lipinski definition) is 5. The Kier molecular flexibility index (Phi) is 7.20. The molecule has 3 aliphatic rings. The molecule has 2 fully saturated rings. The first-order chi connectivity index (χ1) is 21.4. The number of para-hydroxylation sites is 1. The number of carbonyl (C=O) groups excluding carboxylic acids is 2. The van der Waals surface area contributed by atoms with Crippen molar-refractivity contribution >= 4 is 35.2 Å². The highest BCUT2D eigenvalue weighted by atomic mass is 16.5. The van der Waals surface area contributed by atoms with Crippen LogP contribution in [0.4, 0.5) is 5.69 Å². The normalized spacial score (nSPS) is 17.6. The Bertz CT molecular complexity index is 1770. The molecule has 0 spiro atoms. The van der Waals surface area contributed by atoms with Gasteiger partial charge in [-0.1, -0.05) is 43.5 Å². The van der Waals surface area contributed by atoms with Crippen LogP contribution >= 0.6 is 0 Å². The molecule has 7 rings (SSSR count). The maximum absolute atomic E-state index is 13.7. The van der Waals surface area contributed by atoms with Gasteiger partial charge in [-0.2, -0.15) is 5.10 Å². The standard InChI is InChI=1S/C34H35N5O5/c40-29(41)16-13-22-11-14-24(15-12-22)35-33(43)34(17-6-18-34)36-32(42)26-21-28-38-19-20-44-27-10-5-4-9-25(27)31(38)30(39(28)37-26)23-7-2-1-3-8-23/h4-5,9-16,21,23H,1-3,6-8,17-20H2,(H,35,43)(H,36,42)(H,40,41). The van der Waals surface area contributed by atoms with Crippen molar-refractivity contribution in [2.45, 2.75) is 69.4 Å². The van der Waals surface area contributed by atoms with Gasteiger partial charge >= 0.3 is 5.97 Å². The number of nitrogens with one attached hydrogen (secondary N) is 2. The van der Waals surface area contributed by atoms with Crippen molar-refractivity contribution in [1.29, 1.82) is 0 Å². The molecule has 3 heterocycles. The van der Waals surface area contributed by atoms with Gasteiger partial charge in [-0.25, -0.2) is 9.31 Å². The van der Waals surface area contributed by atoms with E-state index in [0.717, 1.165) is 53.7 Å². The van der Waals surface area contributed by atoms with E-state index in [1.807, 2.05) is 28.8 Å². The van der Waals surface area contributed by atoms with E-state index in [0.29, 0.717) is 48.9 Å². The molecule has 10 heteroatoms. The van der Waals surface area contributed by atoms with Gasteiger partial charge in [0.1, 0.15) is 23.5 Å². The predicted octanol–water partition coefficient (Wildman–Crippen LogP) is 5.63. The van der Waals surface area contributed by atoms with E-state index >= 15 is 0 Å². The summed E-state index contributed by atoms with van der Waals surface area (Å²) in [5, 5.41) is 19.7. The van der Waals surface area contributed by atoms with Crippen LogP contribution in [0, 0.1) is 0 Å². The highest BCUT2D eigenvalue weighted by Crippen LogP contribution is 2.43. The molecule has 2 aromatic heterocycles. The number of carbonyl (C=O) groups is 3. The number of fused-ring (bicyclic) bond motifs is 5. The minimum Gasteiger partial charge on any atom is -0.491 e. The van der Waals surface area contributed by atoms with Gasteiger partial charge in [0.25, 0.3) is 5.91 Å². The number of carboxylic acids is 1. The lowest BCUT2D eigenvalue weighted by Crippen LogP contribution is -2.61. The van der Waals surface area contributed by atoms with Crippen LogP contribution in [-0.2, 0) is 16.1 Å². The first-order valence-electron chi connectivity index (χ1n) is 15.4. The highest BCUT2D eigenvalue weighted by Gasteiger charge is 2.46. The van der Waals surface area contributed by atoms with Gasteiger partial charge < -0.3 is 25.0 Å². The number of carboxylic acid groups (broad SMARTS) is 1. The lowest BCUT2D eigenvalue weighted by molar-refractivity contribution is -0.131. The second-order valence-electron chi connectivity index (χ2n) is 12.0. The number of aliphatic carboxylic acids is 1. The molecule has 0 atom stereocenters. The zero-order valence-electron chi connectivity index (χ0n) is 24.4. The summed E-state index contributed by atoms with van der Waals surface area (Å²) in [5.41, 5.74) is 4.72. The van der Waals surface area contributed by atoms with E-state index in [4.69, 9.17) is 14.9 Å². The quantitative estimate of drug-likeness (QED) is 0.238. The largest absolute Gasteiger partial charge is 0.491 e. The first-order valence-corrected chi connectivity index (χ1v) is 15.4. The SMILES string of the molecule is O=C(O)C=Cc1ccc(NC(=O)C2(NC(=O)c3cc4n5c(c(C6CCCCC6)n4n3)-c3ccccc3OCC5)CCC2)cc1. The summed E-state index contributed by atoms with van der Waals surface area (Å²) in [4.78, 5) is 37.9. The number of hydrogen-bond donors (Lipinski definition) is 3. The third kappa shape index (κ3) is 5.04. The molecule has 44 heavy (non-hydrogen) atoms. The summed E-state index contributed by atoms with van der Waals surface area (Å²) in [5.74, 6) is -0.470. The van der Waals surface area contributed by atoms with Crippen molar-refractivity contribution < 1.29 is 24.2 Å². The fourth-order valence-corrected chi connectivity index (χ4v) is 6.81. The molecule has 226 valence electrons. The molecule has 10 nitrogen and oxygen atoms in total. The molecule has 2 aliphatic carbocycles. The number of anilines is 1. The van der Waals surface area contributed by atoms with Crippen LogP contribution in [0.5, 0.6) is 5.75 Å². The van der Waals surface area contributed by atoms with Gasteiger partial charge in [0.15, 0.2) is 5.69 Å². The van der Waals surface area contributed by atoms with Gasteiger partial charge in [0, 0.05) is 29.3 Å². The molecule has 1 aliphatic heterocycles. The minimum atomic E-state index is -1.03. The van der Waals surface area contributed by atoms with Gasteiger partial charge in [-0.05, 0) is 68.0 Å². The van der Waals surface area contributed by atoms with Crippen molar-refractivity contribution in [2.75, 3.05) is 11.9 Å². The second kappa shape index (κ2) is 11.3. The zero-order chi connectivity index (χ0) is 30.3. The zero-order valence-corrected chi connectivity index (χ0v) is 24.4. The van der Waals surface area contributed by atoms with Crippen LogP contribution in [0.25, 0.3) is 23.0 Å². The molecule has 0 radical (unpaired) electrons. The van der Waals surface area contributed by atoms with Crippen LogP contribution in [-0.4, -0.2) is 49.2 Å². The third-order valence-corrected chi connectivity index (χ3v) is 9.23. The number of benzene rings is 2. The Morgan fingerprint density at radius 3 is 2.50 bits per heavy atom. The van der Waals surface area contributed by atoms with Crippen LogP contribution in [0.15, 0.2) is 60.7 Å². The average molecular weight is 594 g/mol. The van der Waals surface area contributed by atoms with E-state index in [1.165, 1.54) is 25.3 Å². The predicted molar refractivity (Wildman–Crippen MR) is 166 cm³/mol. The van der Waals surface area contributed by atoms with Crippen molar-refractivity contribution in [3.63, 3.8) is 0 Å². The maximum atomic E-state index is 13.7. The monoisotopic (exact) mass is 593 g/mol. The summed E-state index contributed by atoms with van der Waals surface area (Å²) < 4.78 is 10.3. The topological polar surface area (TPSA) is 127 Å². The van der Waals surface area contributed by atoms with E-state index in [1.54, 1.807) is 24.3 Å². The van der Waals surface area contributed by atoms with Crippen molar-refractivity contribution in [3.8, 4) is 17.0 Å². The molecule has 3 N–H and O–H groups in total. The molecule has 0 bridgehead atoms. The molecule has 4 aromatic rings. The number of imidazole rings is 1. The summed E-state index contributed by atoms with van der Waals surface area (Å²) in [6.07, 6.45) is 10.2.